The van der Waals surface area contributed by atoms with Crippen molar-refractivity contribution in [3.05, 3.63) is 93.6 Å². The molecule has 0 saturated carbocycles. The number of thioether (sulfide) groups is 1. The Kier molecular flexibility index (Phi) is 6.45. The third-order valence-electron chi connectivity index (χ3n) is 5.66. The molecule has 0 radical (unpaired) electrons. The number of amides is 1. The van der Waals surface area contributed by atoms with Crippen LogP contribution in [0.15, 0.2) is 78.1 Å². The zero-order valence-corrected chi connectivity index (χ0v) is 20.5. The maximum Gasteiger partial charge on any atom is 0.274 e. The quantitative estimate of drug-likeness (QED) is 0.154. The van der Waals surface area contributed by atoms with Gasteiger partial charge in [-0.05, 0) is 43.3 Å². The van der Waals surface area contributed by atoms with Crippen LogP contribution in [-0.2, 0) is 4.79 Å². The van der Waals surface area contributed by atoms with E-state index in [1.165, 1.54) is 17.8 Å². The van der Waals surface area contributed by atoms with Crippen molar-refractivity contribution in [1.82, 2.24) is 19.7 Å². The molecular formula is C25H19ClN6O3S. The maximum absolute atomic E-state index is 12.7. The number of aromatic amines is 1. The van der Waals surface area contributed by atoms with E-state index in [1.54, 1.807) is 31.2 Å². The fourth-order valence-electron chi connectivity index (χ4n) is 3.89. The summed E-state index contributed by atoms with van der Waals surface area (Å²) < 4.78 is 1.88. The molecule has 0 saturated heterocycles. The third kappa shape index (κ3) is 4.56. The average Bonchev–Trinajstić information content (AvgIpc) is 3.48. The number of rotatable bonds is 7. The monoisotopic (exact) mass is 518 g/mol. The largest absolute Gasteiger partial charge is 0.360 e. The minimum absolute atomic E-state index is 0.0295. The Morgan fingerprint density at radius 2 is 1.89 bits per heavy atom. The number of para-hydroxylation sites is 1. The summed E-state index contributed by atoms with van der Waals surface area (Å²) in [5.74, 6) is 0.331. The Balaban J connectivity index is 1.45. The van der Waals surface area contributed by atoms with Crippen LogP contribution in [0, 0.1) is 17.0 Å². The number of H-pyrrole nitrogens is 1. The molecule has 0 spiro atoms. The van der Waals surface area contributed by atoms with Crippen molar-refractivity contribution in [2.75, 3.05) is 11.1 Å². The van der Waals surface area contributed by atoms with Gasteiger partial charge in [-0.1, -0.05) is 47.6 Å². The van der Waals surface area contributed by atoms with Gasteiger partial charge >= 0.3 is 0 Å². The zero-order chi connectivity index (χ0) is 25.2. The van der Waals surface area contributed by atoms with Crippen LogP contribution in [0.5, 0.6) is 0 Å². The molecule has 11 heteroatoms. The van der Waals surface area contributed by atoms with E-state index in [2.05, 4.69) is 20.5 Å². The molecule has 9 nitrogen and oxygen atoms in total. The van der Waals surface area contributed by atoms with E-state index in [9.17, 15) is 14.9 Å². The van der Waals surface area contributed by atoms with Crippen LogP contribution in [-0.4, -0.2) is 36.3 Å². The Morgan fingerprint density at radius 3 is 2.67 bits per heavy atom. The average molecular weight is 519 g/mol. The first-order valence-electron chi connectivity index (χ1n) is 10.9. The lowest BCUT2D eigenvalue weighted by Crippen LogP contribution is -2.15. The SMILES string of the molecule is Cc1c(NC(=O)CSc2nnc(-c3c[nH]c4ccccc34)n2-c2ccc(Cl)cc2)cccc1[N+](=O)[O-]. The number of nitrogens with zero attached hydrogens (tertiary/aromatic N) is 4. The number of nitro groups is 1. The van der Waals surface area contributed by atoms with Crippen molar-refractivity contribution < 1.29 is 9.72 Å². The molecule has 0 aliphatic carbocycles. The molecule has 0 bridgehead atoms. The Morgan fingerprint density at radius 1 is 1.11 bits per heavy atom. The van der Waals surface area contributed by atoms with Gasteiger partial charge in [0.1, 0.15) is 0 Å². The van der Waals surface area contributed by atoms with Gasteiger partial charge in [0, 0.05) is 39.4 Å². The van der Waals surface area contributed by atoms with Crippen LogP contribution >= 0.6 is 23.4 Å². The Labute approximate surface area is 214 Å². The molecule has 0 aliphatic heterocycles. The minimum Gasteiger partial charge on any atom is -0.360 e. The molecule has 5 rings (SSSR count). The van der Waals surface area contributed by atoms with Crippen LogP contribution < -0.4 is 5.32 Å². The highest BCUT2D eigenvalue weighted by Gasteiger charge is 2.20. The number of aromatic nitrogens is 4. The number of anilines is 1. The Hall–Kier alpha value is -4.15. The predicted molar refractivity (Wildman–Crippen MR) is 141 cm³/mol. The first-order chi connectivity index (χ1) is 17.4. The summed E-state index contributed by atoms with van der Waals surface area (Å²) in [6, 6.07) is 19.8. The minimum atomic E-state index is -0.472. The van der Waals surface area contributed by atoms with Crippen LogP contribution in [0.1, 0.15) is 5.56 Å². The molecule has 2 N–H and O–H groups in total. The van der Waals surface area contributed by atoms with Crippen molar-refractivity contribution in [1.29, 1.82) is 0 Å². The molecule has 0 unspecified atom stereocenters. The standard InChI is InChI=1S/C25H19ClN6O3S/c1-15-20(7-4-8-22(15)32(34)35)28-23(33)14-36-25-30-29-24(31(25)17-11-9-16(26)10-12-17)19-13-27-21-6-3-2-5-18(19)21/h2-13,27H,14H2,1H3,(H,28,33). The third-order valence-corrected chi connectivity index (χ3v) is 6.84. The van der Waals surface area contributed by atoms with E-state index in [-0.39, 0.29) is 17.3 Å². The number of fused-ring (bicyclic) bond motifs is 1. The van der Waals surface area contributed by atoms with Gasteiger partial charge in [-0.3, -0.25) is 19.5 Å². The molecule has 3 aromatic carbocycles. The lowest BCUT2D eigenvalue weighted by Gasteiger charge is -2.11. The number of carbonyl (C=O) groups is 1. The van der Waals surface area contributed by atoms with Gasteiger partial charge in [0.25, 0.3) is 5.69 Å². The van der Waals surface area contributed by atoms with E-state index in [0.29, 0.717) is 27.3 Å². The van der Waals surface area contributed by atoms with Crippen molar-refractivity contribution in [2.45, 2.75) is 12.1 Å². The highest BCUT2D eigenvalue weighted by molar-refractivity contribution is 7.99. The molecule has 180 valence electrons. The highest BCUT2D eigenvalue weighted by atomic mass is 35.5. The number of halogens is 1. The van der Waals surface area contributed by atoms with Gasteiger partial charge in [-0.25, -0.2) is 0 Å². The summed E-state index contributed by atoms with van der Waals surface area (Å²) in [4.78, 5) is 26.7. The summed E-state index contributed by atoms with van der Waals surface area (Å²) >= 11 is 7.32. The van der Waals surface area contributed by atoms with Gasteiger partial charge in [0.05, 0.1) is 21.9 Å². The van der Waals surface area contributed by atoms with Gasteiger partial charge in [-0.2, -0.15) is 0 Å². The number of carbonyl (C=O) groups excluding carboxylic acids is 1. The highest BCUT2D eigenvalue weighted by Crippen LogP contribution is 2.33. The van der Waals surface area contributed by atoms with E-state index in [0.717, 1.165) is 22.2 Å². The molecule has 5 aromatic rings. The van der Waals surface area contributed by atoms with E-state index in [4.69, 9.17) is 11.6 Å². The normalized spacial score (nSPS) is 11.1. The molecular weight excluding hydrogens is 500 g/mol. The molecule has 1 amide bonds. The molecule has 0 fully saturated rings. The van der Waals surface area contributed by atoms with Crippen LogP contribution in [0.4, 0.5) is 11.4 Å². The molecule has 0 aliphatic rings. The second-order valence-corrected chi connectivity index (χ2v) is 9.29. The number of nitrogens with one attached hydrogen (secondary N) is 2. The second kappa shape index (κ2) is 9.84. The summed E-state index contributed by atoms with van der Waals surface area (Å²) in [7, 11) is 0. The second-order valence-electron chi connectivity index (χ2n) is 7.91. The first-order valence-corrected chi connectivity index (χ1v) is 12.2. The van der Waals surface area contributed by atoms with E-state index < -0.39 is 4.92 Å². The van der Waals surface area contributed by atoms with Crippen molar-refractivity contribution in [3.63, 3.8) is 0 Å². The smallest absolute Gasteiger partial charge is 0.274 e. The van der Waals surface area contributed by atoms with Crippen LogP contribution in [0.2, 0.25) is 5.02 Å². The lowest BCUT2D eigenvalue weighted by molar-refractivity contribution is -0.385. The number of nitro benzene ring substituents is 1. The van der Waals surface area contributed by atoms with E-state index >= 15 is 0 Å². The topological polar surface area (TPSA) is 119 Å². The van der Waals surface area contributed by atoms with Crippen LogP contribution in [0.3, 0.4) is 0 Å². The van der Waals surface area contributed by atoms with Gasteiger partial charge < -0.3 is 10.3 Å². The van der Waals surface area contributed by atoms with Crippen molar-refractivity contribution in [2.24, 2.45) is 0 Å². The molecule has 36 heavy (non-hydrogen) atoms. The lowest BCUT2D eigenvalue weighted by atomic mass is 10.1. The summed E-state index contributed by atoms with van der Waals surface area (Å²) in [6.07, 6.45) is 1.88. The van der Waals surface area contributed by atoms with Gasteiger partial charge in [0.15, 0.2) is 11.0 Å². The fourth-order valence-corrected chi connectivity index (χ4v) is 4.77. The zero-order valence-electron chi connectivity index (χ0n) is 18.9. The number of hydrogen-bond acceptors (Lipinski definition) is 6. The fraction of sp³-hybridized carbons (Fsp3) is 0.0800. The predicted octanol–water partition coefficient (Wildman–Crippen LogP) is 6.02. The molecule has 2 heterocycles. The summed E-state index contributed by atoms with van der Waals surface area (Å²) in [6.45, 7) is 1.60. The number of hydrogen-bond donors (Lipinski definition) is 2. The van der Waals surface area contributed by atoms with Crippen molar-refractivity contribution >= 4 is 51.5 Å². The summed E-state index contributed by atoms with van der Waals surface area (Å²) in [5.41, 5.74) is 3.38. The molecule has 0 atom stereocenters. The van der Waals surface area contributed by atoms with Crippen molar-refractivity contribution in [3.8, 4) is 17.1 Å². The van der Waals surface area contributed by atoms with E-state index in [1.807, 2.05) is 47.2 Å². The maximum atomic E-state index is 12.7. The summed E-state index contributed by atoms with van der Waals surface area (Å²) in [5, 5.41) is 24.9. The molecule has 2 aromatic heterocycles. The van der Waals surface area contributed by atoms with Gasteiger partial charge in [0.2, 0.25) is 5.91 Å². The van der Waals surface area contributed by atoms with Gasteiger partial charge in [-0.15, -0.1) is 10.2 Å². The first kappa shape index (κ1) is 23.6. The Bertz CT molecular complexity index is 1600. The van der Waals surface area contributed by atoms with Crippen LogP contribution in [0.25, 0.3) is 28.0 Å². The number of benzene rings is 3.